The van der Waals surface area contributed by atoms with Crippen molar-refractivity contribution in [2.24, 2.45) is 0 Å². The molecule has 0 aliphatic rings. The Bertz CT molecular complexity index is 310. The number of hydrogen-bond donors (Lipinski definition) is 2. The van der Waals surface area contributed by atoms with Gasteiger partial charge in [0.1, 0.15) is 6.33 Å². The van der Waals surface area contributed by atoms with Crippen LogP contribution in [0.1, 0.15) is 26.7 Å². The standard InChI is InChI=1S/C10H17N3O2/c1-3-10(2,4-7-14)12-9(15)13-6-5-11-8-13/h5-6,8,14H,3-4,7H2,1-2H3,(H,12,15). The molecule has 0 aliphatic carbocycles. The minimum atomic E-state index is -0.365. The molecule has 1 atom stereocenters. The summed E-state index contributed by atoms with van der Waals surface area (Å²) in [4.78, 5) is 15.5. The molecule has 0 radical (unpaired) electrons. The molecule has 1 rings (SSSR count). The van der Waals surface area contributed by atoms with Crippen molar-refractivity contribution in [2.45, 2.75) is 32.2 Å². The zero-order chi connectivity index (χ0) is 11.3. The summed E-state index contributed by atoms with van der Waals surface area (Å²) in [6, 6.07) is -0.217. The van der Waals surface area contributed by atoms with Crippen LogP contribution in [0.25, 0.3) is 0 Å². The van der Waals surface area contributed by atoms with E-state index in [0.717, 1.165) is 6.42 Å². The molecule has 0 fully saturated rings. The minimum absolute atomic E-state index is 0.0640. The molecule has 0 aliphatic heterocycles. The van der Waals surface area contributed by atoms with Gasteiger partial charge in [0.15, 0.2) is 0 Å². The van der Waals surface area contributed by atoms with Gasteiger partial charge >= 0.3 is 6.03 Å². The number of aromatic nitrogens is 2. The van der Waals surface area contributed by atoms with Gasteiger partial charge in [-0.05, 0) is 19.8 Å². The number of aliphatic hydroxyl groups excluding tert-OH is 1. The SMILES string of the molecule is CCC(C)(CCO)NC(=O)n1ccnc1. The molecule has 84 valence electrons. The Morgan fingerprint density at radius 2 is 2.40 bits per heavy atom. The first-order valence-corrected chi connectivity index (χ1v) is 5.02. The van der Waals surface area contributed by atoms with E-state index in [-0.39, 0.29) is 18.2 Å². The summed E-state index contributed by atoms with van der Waals surface area (Å²) >= 11 is 0. The Morgan fingerprint density at radius 3 is 2.87 bits per heavy atom. The van der Waals surface area contributed by atoms with Gasteiger partial charge in [0.05, 0.1) is 0 Å². The lowest BCUT2D eigenvalue weighted by Crippen LogP contribution is -2.47. The Labute approximate surface area is 89.1 Å². The maximum absolute atomic E-state index is 11.7. The van der Waals surface area contributed by atoms with Gasteiger partial charge in [0, 0.05) is 24.5 Å². The lowest BCUT2D eigenvalue weighted by Gasteiger charge is -2.28. The number of nitrogens with zero attached hydrogens (tertiary/aromatic N) is 2. The van der Waals surface area contributed by atoms with E-state index in [1.165, 1.54) is 10.9 Å². The topological polar surface area (TPSA) is 67.2 Å². The molecule has 0 aromatic carbocycles. The van der Waals surface area contributed by atoms with Crippen LogP contribution in [0.3, 0.4) is 0 Å². The number of nitrogens with one attached hydrogen (secondary N) is 1. The van der Waals surface area contributed by atoms with Crippen LogP contribution in [0.2, 0.25) is 0 Å². The predicted octanol–water partition coefficient (Wildman–Crippen LogP) is 0.992. The van der Waals surface area contributed by atoms with E-state index < -0.39 is 0 Å². The summed E-state index contributed by atoms with van der Waals surface area (Å²) in [5.74, 6) is 0. The van der Waals surface area contributed by atoms with Crippen LogP contribution >= 0.6 is 0 Å². The first kappa shape index (κ1) is 11.7. The average molecular weight is 211 g/mol. The monoisotopic (exact) mass is 211 g/mol. The molecular weight excluding hydrogens is 194 g/mol. The molecule has 0 bridgehead atoms. The summed E-state index contributed by atoms with van der Waals surface area (Å²) in [6.07, 6.45) is 5.90. The second kappa shape index (κ2) is 4.93. The second-order valence-corrected chi connectivity index (χ2v) is 3.79. The molecule has 0 saturated heterocycles. The zero-order valence-corrected chi connectivity index (χ0v) is 9.10. The van der Waals surface area contributed by atoms with E-state index in [4.69, 9.17) is 5.11 Å². The number of imidazole rings is 1. The summed E-state index contributed by atoms with van der Waals surface area (Å²) < 4.78 is 1.38. The van der Waals surface area contributed by atoms with Crippen molar-refractivity contribution >= 4 is 6.03 Å². The zero-order valence-electron chi connectivity index (χ0n) is 9.10. The van der Waals surface area contributed by atoms with Gasteiger partial charge in [-0.25, -0.2) is 9.78 Å². The van der Waals surface area contributed by atoms with Crippen molar-refractivity contribution in [3.8, 4) is 0 Å². The molecule has 1 aromatic rings. The van der Waals surface area contributed by atoms with Gasteiger partial charge in [-0.15, -0.1) is 0 Å². The Hall–Kier alpha value is -1.36. The molecule has 1 aromatic heterocycles. The number of aliphatic hydroxyl groups is 1. The normalized spacial score (nSPS) is 14.6. The fourth-order valence-corrected chi connectivity index (χ4v) is 1.28. The van der Waals surface area contributed by atoms with Crippen molar-refractivity contribution in [2.75, 3.05) is 6.61 Å². The van der Waals surface area contributed by atoms with Crippen LogP contribution in [-0.4, -0.2) is 32.8 Å². The minimum Gasteiger partial charge on any atom is -0.396 e. The van der Waals surface area contributed by atoms with Gasteiger partial charge in [-0.3, -0.25) is 4.57 Å². The van der Waals surface area contributed by atoms with Gasteiger partial charge in [-0.2, -0.15) is 0 Å². The number of amides is 1. The Balaban J connectivity index is 2.63. The second-order valence-electron chi connectivity index (χ2n) is 3.79. The predicted molar refractivity (Wildman–Crippen MR) is 56.6 cm³/mol. The summed E-state index contributed by atoms with van der Waals surface area (Å²) in [7, 11) is 0. The average Bonchev–Trinajstić information content (AvgIpc) is 2.71. The van der Waals surface area contributed by atoms with Gasteiger partial charge in [-0.1, -0.05) is 6.92 Å². The third-order valence-corrected chi connectivity index (χ3v) is 2.59. The van der Waals surface area contributed by atoms with E-state index in [9.17, 15) is 4.79 Å². The van der Waals surface area contributed by atoms with Crippen LogP contribution in [0.4, 0.5) is 4.79 Å². The summed E-state index contributed by atoms with van der Waals surface area (Å²) in [5, 5.41) is 11.8. The molecule has 15 heavy (non-hydrogen) atoms. The third-order valence-electron chi connectivity index (χ3n) is 2.59. The molecule has 0 spiro atoms. The fourth-order valence-electron chi connectivity index (χ4n) is 1.28. The molecule has 1 heterocycles. The highest BCUT2D eigenvalue weighted by atomic mass is 16.3. The number of carbonyl (C=O) groups is 1. The van der Waals surface area contributed by atoms with E-state index >= 15 is 0 Å². The highest BCUT2D eigenvalue weighted by Gasteiger charge is 2.23. The fraction of sp³-hybridized carbons (Fsp3) is 0.600. The molecule has 1 amide bonds. The van der Waals surface area contributed by atoms with Crippen LogP contribution in [0.15, 0.2) is 18.7 Å². The molecule has 0 saturated carbocycles. The van der Waals surface area contributed by atoms with Crippen molar-refractivity contribution < 1.29 is 9.90 Å². The maximum Gasteiger partial charge on any atom is 0.327 e. The lowest BCUT2D eigenvalue weighted by molar-refractivity contribution is 0.202. The van der Waals surface area contributed by atoms with Gasteiger partial charge in [0.2, 0.25) is 0 Å². The number of carbonyl (C=O) groups excluding carboxylic acids is 1. The van der Waals surface area contributed by atoms with Crippen LogP contribution in [0, 0.1) is 0 Å². The first-order chi connectivity index (χ1) is 7.11. The maximum atomic E-state index is 11.7. The van der Waals surface area contributed by atoms with Crippen molar-refractivity contribution in [3.63, 3.8) is 0 Å². The van der Waals surface area contributed by atoms with Crippen molar-refractivity contribution in [1.29, 1.82) is 0 Å². The van der Waals surface area contributed by atoms with Crippen molar-refractivity contribution in [3.05, 3.63) is 18.7 Å². The summed E-state index contributed by atoms with van der Waals surface area (Å²) in [5.41, 5.74) is -0.365. The van der Waals surface area contributed by atoms with E-state index in [1.807, 2.05) is 13.8 Å². The molecule has 5 heteroatoms. The van der Waals surface area contributed by atoms with E-state index in [2.05, 4.69) is 10.3 Å². The van der Waals surface area contributed by atoms with Crippen LogP contribution < -0.4 is 5.32 Å². The first-order valence-electron chi connectivity index (χ1n) is 5.02. The van der Waals surface area contributed by atoms with E-state index in [0.29, 0.717) is 6.42 Å². The number of rotatable bonds is 4. The molecule has 2 N–H and O–H groups in total. The highest BCUT2D eigenvalue weighted by molar-refractivity contribution is 5.77. The number of hydrogen-bond acceptors (Lipinski definition) is 3. The van der Waals surface area contributed by atoms with Crippen LogP contribution in [-0.2, 0) is 0 Å². The third kappa shape index (κ3) is 3.06. The van der Waals surface area contributed by atoms with Crippen molar-refractivity contribution in [1.82, 2.24) is 14.9 Å². The quantitative estimate of drug-likeness (QED) is 0.780. The lowest BCUT2D eigenvalue weighted by atomic mass is 9.95. The smallest absolute Gasteiger partial charge is 0.327 e. The van der Waals surface area contributed by atoms with Gasteiger partial charge in [0.25, 0.3) is 0 Å². The molecular formula is C10H17N3O2. The highest BCUT2D eigenvalue weighted by Crippen LogP contribution is 2.13. The summed E-state index contributed by atoms with van der Waals surface area (Å²) in [6.45, 7) is 3.95. The Kier molecular flexibility index (Phi) is 3.85. The largest absolute Gasteiger partial charge is 0.396 e. The van der Waals surface area contributed by atoms with Crippen LogP contribution in [0.5, 0.6) is 0 Å². The van der Waals surface area contributed by atoms with Gasteiger partial charge < -0.3 is 10.4 Å². The molecule has 1 unspecified atom stereocenters. The molecule has 5 nitrogen and oxygen atoms in total. The Morgan fingerprint density at radius 1 is 1.67 bits per heavy atom. The van der Waals surface area contributed by atoms with E-state index in [1.54, 1.807) is 12.4 Å².